The van der Waals surface area contributed by atoms with Crippen LogP contribution in [0.5, 0.6) is 0 Å². The summed E-state index contributed by atoms with van der Waals surface area (Å²) in [6.07, 6.45) is 2.55. The minimum absolute atomic E-state index is 0.0893. The summed E-state index contributed by atoms with van der Waals surface area (Å²) in [7, 11) is -1.85. The Bertz CT molecular complexity index is 1310. The van der Waals surface area contributed by atoms with Gasteiger partial charge in [0.1, 0.15) is 5.82 Å². The van der Waals surface area contributed by atoms with Crippen molar-refractivity contribution in [2.24, 2.45) is 7.05 Å². The van der Waals surface area contributed by atoms with Crippen LogP contribution >= 0.6 is 0 Å². The molecule has 0 saturated heterocycles. The largest absolute Gasteiger partial charge is 0.318 e. The number of hydrogen-bond acceptors (Lipinski definition) is 3. The van der Waals surface area contributed by atoms with E-state index in [1.54, 1.807) is 37.5 Å². The van der Waals surface area contributed by atoms with Gasteiger partial charge in [0.2, 0.25) is 0 Å². The summed E-state index contributed by atoms with van der Waals surface area (Å²) in [5, 5.41) is 0.946. The molecule has 1 aromatic heterocycles. The van der Waals surface area contributed by atoms with E-state index >= 15 is 0 Å². The summed E-state index contributed by atoms with van der Waals surface area (Å²) >= 11 is 0. The molecular weight excluding hydrogens is 413 g/mol. The molecule has 0 N–H and O–H groups in total. The smallest absolute Gasteiger partial charge is 0.253 e. The molecule has 6 heteroatoms. The van der Waals surface area contributed by atoms with E-state index in [0.717, 1.165) is 22.1 Å². The lowest BCUT2D eigenvalue weighted by Crippen LogP contribution is -2.20. The first kappa shape index (κ1) is 22.7. The van der Waals surface area contributed by atoms with Crippen LogP contribution in [0.1, 0.15) is 34.7 Å². The van der Waals surface area contributed by atoms with Crippen LogP contribution in [0.3, 0.4) is 0 Å². The van der Waals surface area contributed by atoms with Crippen molar-refractivity contribution >= 4 is 9.84 Å². The second-order valence-corrected chi connectivity index (χ2v) is 9.67. The maximum Gasteiger partial charge on any atom is 0.253 e. The molecule has 0 fully saturated rings. The molecule has 162 valence electrons. The molecule has 1 heterocycles. The third kappa shape index (κ3) is 5.02. The fourth-order valence-corrected chi connectivity index (χ4v) is 4.53. The lowest BCUT2D eigenvalue weighted by molar-refractivity contribution is 0.604. The maximum absolute atomic E-state index is 14.6. The predicted octanol–water partition coefficient (Wildman–Crippen LogP) is 4.71. The summed E-state index contributed by atoms with van der Waals surface area (Å²) in [5.41, 5.74) is 4.72. The van der Waals surface area contributed by atoms with Gasteiger partial charge in [0.05, 0.1) is 5.75 Å². The third-order valence-electron chi connectivity index (χ3n) is 5.36. The highest BCUT2D eigenvalue weighted by Crippen LogP contribution is 2.32. The third-order valence-corrected chi connectivity index (χ3v) is 6.59. The molecule has 0 aliphatic rings. The number of pyridine rings is 1. The highest BCUT2D eigenvalue weighted by Gasteiger charge is 2.18. The van der Waals surface area contributed by atoms with Crippen LogP contribution in [0.25, 0.3) is 11.1 Å². The van der Waals surface area contributed by atoms with Gasteiger partial charge in [-0.15, -0.1) is 0 Å². The first-order valence-electron chi connectivity index (χ1n) is 10.1. The molecule has 0 amide bonds. The molecule has 4 nitrogen and oxygen atoms in total. The van der Waals surface area contributed by atoms with E-state index in [9.17, 15) is 17.6 Å². The number of aromatic nitrogens is 1. The van der Waals surface area contributed by atoms with E-state index in [1.807, 2.05) is 26.0 Å². The molecule has 0 radical (unpaired) electrons. The molecule has 0 aliphatic heterocycles. The van der Waals surface area contributed by atoms with Crippen molar-refractivity contribution in [3.8, 4) is 11.1 Å². The first-order valence-corrected chi connectivity index (χ1v) is 11.8. The zero-order chi connectivity index (χ0) is 22.8. The van der Waals surface area contributed by atoms with Crippen molar-refractivity contribution < 1.29 is 12.8 Å². The number of aryl methyl sites for hydroxylation is 3. The van der Waals surface area contributed by atoms with E-state index in [-0.39, 0.29) is 17.1 Å². The topological polar surface area (TPSA) is 56.1 Å². The molecule has 0 aliphatic carbocycles. The average molecular weight is 440 g/mol. The Morgan fingerprint density at radius 2 is 1.77 bits per heavy atom. The fourth-order valence-electron chi connectivity index (χ4n) is 3.74. The summed E-state index contributed by atoms with van der Waals surface area (Å²) < 4.78 is 40.7. The Labute approximate surface area is 182 Å². The van der Waals surface area contributed by atoms with Crippen LogP contribution in [-0.4, -0.2) is 13.0 Å². The van der Waals surface area contributed by atoms with Gasteiger partial charge in [0.25, 0.3) is 5.56 Å². The molecule has 2 aromatic carbocycles. The standard InChI is InChI=1S/C25H26FNO3S/c1-5-18-13-22(15-27(4)25(18)28)24-20(14-19-11-10-17(3)12-23(19)26)8-7-9-21(24)16-31(29,30)6-2/h6-13,15H,2,5,14,16H2,1,3-4H3. The van der Waals surface area contributed by atoms with E-state index in [0.29, 0.717) is 35.1 Å². The van der Waals surface area contributed by atoms with Gasteiger partial charge in [0, 0.05) is 30.6 Å². The van der Waals surface area contributed by atoms with Crippen molar-refractivity contribution in [2.45, 2.75) is 32.4 Å². The highest BCUT2D eigenvalue weighted by molar-refractivity contribution is 7.93. The van der Waals surface area contributed by atoms with Gasteiger partial charge in [-0.05, 0) is 58.9 Å². The molecule has 0 atom stereocenters. The van der Waals surface area contributed by atoms with Crippen LogP contribution < -0.4 is 5.56 Å². The van der Waals surface area contributed by atoms with Crippen molar-refractivity contribution in [1.29, 1.82) is 0 Å². The maximum atomic E-state index is 14.6. The summed E-state index contributed by atoms with van der Waals surface area (Å²) in [4.78, 5) is 12.4. The minimum Gasteiger partial charge on any atom is -0.318 e. The Hall–Kier alpha value is -2.99. The zero-order valence-electron chi connectivity index (χ0n) is 18.0. The number of hydrogen-bond donors (Lipinski definition) is 0. The van der Waals surface area contributed by atoms with Crippen molar-refractivity contribution in [3.05, 3.63) is 105 Å². The lowest BCUT2D eigenvalue weighted by atomic mass is 9.91. The predicted molar refractivity (Wildman–Crippen MR) is 123 cm³/mol. The molecule has 0 spiro atoms. The molecule has 0 saturated carbocycles. The SMILES string of the molecule is C=CS(=O)(=O)Cc1cccc(Cc2ccc(C)cc2F)c1-c1cc(CC)c(=O)n(C)c1. The summed E-state index contributed by atoms with van der Waals surface area (Å²) in [6.45, 7) is 7.14. The molecule has 0 unspecified atom stereocenters. The zero-order valence-corrected chi connectivity index (χ0v) is 18.8. The normalized spacial score (nSPS) is 11.5. The van der Waals surface area contributed by atoms with Crippen LogP contribution in [0, 0.1) is 12.7 Å². The Balaban J connectivity index is 2.26. The van der Waals surface area contributed by atoms with E-state index in [1.165, 1.54) is 10.6 Å². The van der Waals surface area contributed by atoms with Crippen LogP contribution in [0.15, 0.2) is 65.4 Å². The summed E-state index contributed by atoms with van der Waals surface area (Å²) in [5.74, 6) is -0.523. The number of halogens is 1. The quantitative estimate of drug-likeness (QED) is 0.536. The lowest BCUT2D eigenvalue weighted by Gasteiger charge is -2.17. The molecule has 0 bridgehead atoms. The van der Waals surface area contributed by atoms with Crippen LogP contribution in [0.4, 0.5) is 4.39 Å². The average Bonchev–Trinajstić information content (AvgIpc) is 2.72. The van der Waals surface area contributed by atoms with Crippen LogP contribution in [0.2, 0.25) is 0 Å². The van der Waals surface area contributed by atoms with E-state index in [4.69, 9.17) is 0 Å². The number of rotatable bonds is 7. The summed E-state index contributed by atoms with van der Waals surface area (Å²) in [6, 6.07) is 12.3. The number of sulfone groups is 1. The van der Waals surface area contributed by atoms with Crippen LogP contribution in [-0.2, 0) is 35.5 Å². The van der Waals surface area contributed by atoms with Gasteiger partial charge in [-0.1, -0.05) is 43.8 Å². The molecular formula is C25H26FNO3S. The molecule has 3 aromatic rings. The highest BCUT2D eigenvalue weighted by atomic mass is 32.2. The Morgan fingerprint density at radius 3 is 2.42 bits per heavy atom. The van der Waals surface area contributed by atoms with Gasteiger partial charge in [-0.2, -0.15) is 0 Å². The van der Waals surface area contributed by atoms with Crippen molar-refractivity contribution in [1.82, 2.24) is 4.57 Å². The van der Waals surface area contributed by atoms with Gasteiger partial charge >= 0.3 is 0 Å². The van der Waals surface area contributed by atoms with E-state index < -0.39 is 9.84 Å². The van der Waals surface area contributed by atoms with Gasteiger partial charge in [-0.25, -0.2) is 12.8 Å². The van der Waals surface area contributed by atoms with E-state index in [2.05, 4.69) is 6.58 Å². The Kier molecular flexibility index (Phi) is 6.60. The molecule has 3 rings (SSSR count). The first-order chi connectivity index (χ1) is 14.6. The molecule has 31 heavy (non-hydrogen) atoms. The second-order valence-electron chi connectivity index (χ2n) is 7.72. The fraction of sp³-hybridized carbons (Fsp3) is 0.240. The van der Waals surface area contributed by atoms with Gasteiger partial charge < -0.3 is 4.57 Å². The Morgan fingerprint density at radius 1 is 1.06 bits per heavy atom. The van der Waals surface area contributed by atoms with Crippen molar-refractivity contribution in [2.75, 3.05) is 0 Å². The number of benzene rings is 2. The van der Waals surface area contributed by atoms with Crippen molar-refractivity contribution in [3.63, 3.8) is 0 Å². The van der Waals surface area contributed by atoms with Gasteiger partial charge in [-0.3, -0.25) is 4.79 Å². The monoisotopic (exact) mass is 439 g/mol. The second kappa shape index (κ2) is 9.02. The number of nitrogens with zero attached hydrogens (tertiary/aromatic N) is 1. The minimum atomic E-state index is -3.52. The van der Waals surface area contributed by atoms with Gasteiger partial charge in [0.15, 0.2) is 9.84 Å².